The highest BCUT2D eigenvalue weighted by atomic mass is 32.2. The van der Waals surface area contributed by atoms with Crippen molar-refractivity contribution in [3.63, 3.8) is 0 Å². The van der Waals surface area contributed by atoms with Gasteiger partial charge in [0.05, 0.1) is 20.8 Å². The Hall–Kier alpha value is -7.28. The van der Waals surface area contributed by atoms with E-state index in [-0.39, 0.29) is 5.41 Å². The highest BCUT2D eigenvalue weighted by Crippen LogP contribution is 2.60. The van der Waals surface area contributed by atoms with Crippen LogP contribution in [0.15, 0.2) is 198 Å². The van der Waals surface area contributed by atoms with Crippen molar-refractivity contribution in [2.24, 2.45) is 0 Å². The van der Waals surface area contributed by atoms with Crippen LogP contribution in [0.25, 0.3) is 72.8 Å². The highest BCUT2D eigenvalue weighted by Gasteiger charge is 2.43. The molecule has 278 valence electrons. The van der Waals surface area contributed by atoms with Crippen molar-refractivity contribution in [2.75, 3.05) is 0 Å². The molecule has 1 aliphatic carbocycles. The maximum absolute atomic E-state index is 6.52. The molecule has 10 aromatic rings. The molecule has 0 bridgehead atoms. The molecule has 0 saturated carbocycles. The van der Waals surface area contributed by atoms with Gasteiger partial charge in [0, 0.05) is 32.9 Å². The molecule has 3 heterocycles. The molecule has 0 saturated heterocycles. The zero-order valence-electron chi connectivity index (χ0n) is 32.0. The number of aromatic nitrogens is 4. The average Bonchev–Trinajstić information content (AvgIpc) is 3.78. The van der Waals surface area contributed by atoms with Gasteiger partial charge < -0.3 is 4.74 Å². The minimum atomic E-state index is -0.375. The monoisotopic (exact) mass is 774 g/mol. The lowest BCUT2D eigenvalue weighted by atomic mass is 9.74. The zero-order chi connectivity index (χ0) is 39.1. The Bertz CT molecular complexity index is 3230. The van der Waals surface area contributed by atoms with Gasteiger partial charge in [0.1, 0.15) is 11.5 Å². The van der Waals surface area contributed by atoms with E-state index in [1.165, 1.54) is 38.3 Å². The Morgan fingerprint density at radius 3 is 1.88 bits per heavy atom. The van der Waals surface area contributed by atoms with E-state index in [1.54, 1.807) is 0 Å². The molecule has 0 fully saturated rings. The van der Waals surface area contributed by atoms with Gasteiger partial charge in [-0.2, -0.15) is 9.97 Å². The molecule has 12 rings (SSSR count). The van der Waals surface area contributed by atoms with Gasteiger partial charge in [-0.25, -0.2) is 4.98 Å². The van der Waals surface area contributed by atoms with Gasteiger partial charge in [0.15, 0.2) is 11.6 Å². The number of hydrogen-bond acceptors (Lipinski definition) is 5. The summed E-state index contributed by atoms with van der Waals surface area (Å²) in [5.41, 5.74) is 12.2. The molecule has 0 spiro atoms. The number of ether oxygens (including phenoxy) is 1. The summed E-state index contributed by atoms with van der Waals surface area (Å²) in [4.78, 5) is 17.5. The first-order valence-corrected chi connectivity index (χ1v) is 20.7. The van der Waals surface area contributed by atoms with E-state index in [9.17, 15) is 0 Å². The molecule has 2 aliphatic rings. The molecule has 6 heteroatoms. The molecule has 0 N–H and O–H groups in total. The lowest BCUT2D eigenvalue weighted by molar-refractivity contribution is 0.454. The Labute approximate surface area is 345 Å². The molecular formula is C53H34N4OS. The minimum absolute atomic E-state index is 0.375. The average molecular weight is 775 g/mol. The van der Waals surface area contributed by atoms with Gasteiger partial charge in [-0.3, -0.25) is 4.57 Å². The fourth-order valence-corrected chi connectivity index (χ4v) is 10.2. The fraction of sp³-hybridized carbons (Fsp3) is 0.0377. The summed E-state index contributed by atoms with van der Waals surface area (Å²) in [5, 5.41) is 2.27. The van der Waals surface area contributed by atoms with Crippen molar-refractivity contribution >= 4 is 33.6 Å². The van der Waals surface area contributed by atoms with E-state index >= 15 is 0 Å². The van der Waals surface area contributed by atoms with Crippen molar-refractivity contribution in [1.29, 1.82) is 0 Å². The predicted octanol–water partition coefficient (Wildman–Crippen LogP) is 13.6. The van der Waals surface area contributed by atoms with Crippen LogP contribution in [0.4, 0.5) is 0 Å². The summed E-state index contributed by atoms with van der Waals surface area (Å²) in [6, 6.07) is 66.3. The standard InChI is InChI=1S/C53H34N4OS/c1-53(37-19-9-4-10-20-37)41-28-30-46-49(59-47-24-14-13-23-45(47)58-46)48(41)39-27-25-36(32-42(39)53)35-26-29-44-40(31-35)38-21-11-12-22-43(38)57(44)52-55-50(33-15-5-2-6-16-33)54-51(56-52)34-17-7-3-8-18-34/h2-32H,1H3. The quantitative estimate of drug-likeness (QED) is 0.174. The highest BCUT2D eigenvalue weighted by molar-refractivity contribution is 7.99. The van der Waals surface area contributed by atoms with Crippen molar-refractivity contribution in [3.05, 3.63) is 205 Å². The number of para-hydroxylation sites is 2. The van der Waals surface area contributed by atoms with Gasteiger partial charge in [0.25, 0.3) is 0 Å². The number of hydrogen-bond donors (Lipinski definition) is 0. The number of nitrogens with zero attached hydrogens (tertiary/aromatic N) is 4. The molecular weight excluding hydrogens is 741 g/mol. The molecule has 59 heavy (non-hydrogen) atoms. The van der Waals surface area contributed by atoms with Crippen LogP contribution in [0, 0.1) is 0 Å². The number of fused-ring (bicyclic) bond motifs is 9. The van der Waals surface area contributed by atoms with Crippen LogP contribution >= 0.6 is 11.8 Å². The predicted molar refractivity (Wildman–Crippen MR) is 239 cm³/mol. The van der Waals surface area contributed by atoms with E-state index in [2.05, 4.69) is 133 Å². The fourth-order valence-electron chi connectivity index (χ4n) is 9.12. The molecule has 0 radical (unpaired) electrons. The summed E-state index contributed by atoms with van der Waals surface area (Å²) in [6.45, 7) is 2.38. The Morgan fingerprint density at radius 1 is 0.492 bits per heavy atom. The van der Waals surface area contributed by atoms with Crippen molar-refractivity contribution in [2.45, 2.75) is 22.1 Å². The van der Waals surface area contributed by atoms with Crippen LogP contribution in [0.3, 0.4) is 0 Å². The molecule has 1 unspecified atom stereocenters. The van der Waals surface area contributed by atoms with E-state index in [0.717, 1.165) is 54.9 Å². The van der Waals surface area contributed by atoms with Gasteiger partial charge in [0.2, 0.25) is 5.95 Å². The Kier molecular flexibility index (Phi) is 7.53. The normalized spacial score (nSPS) is 15.0. The second-order valence-electron chi connectivity index (χ2n) is 15.3. The van der Waals surface area contributed by atoms with E-state index in [0.29, 0.717) is 17.6 Å². The molecule has 2 aromatic heterocycles. The van der Waals surface area contributed by atoms with E-state index < -0.39 is 0 Å². The van der Waals surface area contributed by atoms with Gasteiger partial charge in [-0.1, -0.05) is 157 Å². The van der Waals surface area contributed by atoms with Crippen LogP contribution in [-0.4, -0.2) is 19.5 Å². The summed E-state index contributed by atoms with van der Waals surface area (Å²) in [5.74, 6) is 3.66. The number of benzene rings is 8. The first kappa shape index (κ1) is 33.8. The molecule has 1 aliphatic heterocycles. The topological polar surface area (TPSA) is 52.8 Å². The van der Waals surface area contributed by atoms with Crippen LogP contribution in [0.1, 0.15) is 23.6 Å². The lowest BCUT2D eigenvalue weighted by Gasteiger charge is -2.29. The maximum Gasteiger partial charge on any atom is 0.238 e. The van der Waals surface area contributed by atoms with Crippen LogP contribution in [-0.2, 0) is 5.41 Å². The molecule has 1 atom stereocenters. The molecule has 5 nitrogen and oxygen atoms in total. The smallest absolute Gasteiger partial charge is 0.238 e. The van der Waals surface area contributed by atoms with Crippen LogP contribution in [0.5, 0.6) is 11.5 Å². The van der Waals surface area contributed by atoms with Crippen LogP contribution in [0.2, 0.25) is 0 Å². The van der Waals surface area contributed by atoms with Crippen LogP contribution < -0.4 is 4.74 Å². The Balaban J connectivity index is 1.03. The summed E-state index contributed by atoms with van der Waals surface area (Å²) in [6.07, 6.45) is 0. The van der Waals surface area contributed by atoms with Gasteiger partial charge in [-0.05, 0) is 82.8 Å². The van der Waals surface area contributed by atoms with Gasteiger partial charge >= 0.3 is 0 Å². The first-order valence-electron chi connectivity index (χ1n) is 19.9. The second-order valence-corrected chi connectivity index (χ2v) is 16.4. The summed E-state index contributed by atoms with van der Waals surface area (Å²) in [7, 11) is 0. The van der Waals surface area contributed by atoms with Gasteiger partial charge in [-0.15, -0.1) is 0 Å². The van der Waals surface area contributed by atoms with Crippen molar-refractivity contribution in [1.82, 2.24) is 19.5 Å². The minimum Gasteiger partial charge on any atom is -0.455 e. The lowest BCUT2D eigenvalue weighted by Crippen LogP contribution is -2.22. The third-order valence-electron chi connectivity index (χ3n) is 12.0. The van der Waals surface area contributed by atoms with Crippen molar-refractivity contribution in [3.8, 4) is 62.5 Å². The zero-order valence-corrected chi connectivity index (χ0v) is 32.8. The second kappa shape index (κ2) is 13.1. The van der Waals surface area contributed by atoms with E-state index in [1.807, 2.05) is 78.5 Å². The van der Waals surface area contributed by atoms with E-state index in [4.69, 9.17) is 19.7 Å². The summed E-state index contributed by atoms with van der Waals surface area (Å²) < 4.78 is 8.70. The van der Waals surface area contributed by atoms with Crippen molar-refractivity contribution < 1.29 is 4.74 Å². The SMILES string of the molecule is CC1(c2ccccc2)c2cc(-c3ccc4c(c3)c3ccccc3n4-c3nc(-c4ccccc4)nc(-c4ccccc4)n3)ccc2-c2c1ccc1c2Sc2ccccc2O1. The first-order chi connectivity index (χ1) is 29.1. The Morgan fingerprint density at radius 2 is 1.12 bits per heavy atom. The molecule has 0 amide bonds. The maximum atomic E-state index is 6.52. The summed E-state index contributed by atoms with van der Waals surface area (Å²) >= 11 is 1.81. The molecule has 8 aromatic carbocycles. The largest absolute Gasteiger partial charge is 0.455 e. The number of rotatable bonds is 5. The third kappa shape index (κ3) is 5.23. The third-order valence-corrected chi connectivity index (χ3v) is 13.2.